The van der Waals surface area contributed by atoms with E-state index >= 15 is 0 Å². The van der Waals surface area contributed by atoms with E-state index in [4.69, 9.17) is 0 Å². The highest BCUT2D eigenvalue weighted by Crippen LogP contribution is 2.36. The first-order valence-corrected chi connectivity index (χ1v) is 12.6. The first kappa shape index (κ1) is 23.9. The minimum absolute atomic E-state index is 0.0314. The van der Waals surface area contributed by atoms with Gasteiger partial charge in [-0.05, 0) is 44.4 Å². The molecule has 1 unspecified atom stereocenters. The first-order chi connectivity index (χ1) is 16.4. The molecular formula is C26H32N6OS. The highest BCUT2D eigenvalue weighted by Gasteiger charge is 2.21. The van der Waals surface area contributed by atoms with Crippen LogP contribution >= 0.6 is 11.3 Å². The van der Waals surface area contributed by atoms with Crippen molar-refractivity contribution < 1.29 is 4.79 Å². The predicted octanol–water partition coefficient (Wildman–Crippen LogP) is 4.12. The van der Waals surface area contributed by atoms with Gasteiger partial charge in [-0.3, -0.25) is 4.79 Å². The van der Waals surface area contributed by atoms with Crippen LogP contribution < -0.4 is 21.3 Å². The van der Waals surface area contributed by atoms with Gasteiger partial charge in [-0.25, -0.2) is 15.0 Å². The topological polar surface area (TPSA) is 83.0 Å². The Kier molecular flexibility index (Phi) is 7.57. The van der Waals surface area contributed by atoms with Crippen molar-refractivity contribution in [3.8, 4) is 0 Å². The number of hydrogen-bond acceptors (Lipinski definition) is 7. The van der Waals surface area contributed by atoms with Crippen molar-refractivity contribution in [2.75, 3.05) is 24.2 Å². The summed E-state index contributed by atoms with van der Waals surface area (Å²) in [7, 11) is 1.99. The molecule has 1 saturated carbocycles. The summed E-state index contributed by atoms with van der Waals surface area (Å²) in [5.41, 5.74) is 1.78. The lowest BCUT2D eigenvalue weighted by Crippen LogP contribution is -2.33. The highest BCUT2D eigenvalue weighted by molar-refractivity contribution is 7.13. The van der Waals surface area contributed by atoms with Crippen molar-refractivity contribution in [1.82, 2.24) is 19.9 Å². The summed E-state index contributed by atoms with van der Waals surface area (Å²) in [4.78, 5) is 29.0. The predicted molar refractivity (Wildman–Crippen MR) is 139 cm³/mol. The van der Waals surface area contributed by atoms with E-state index < -0.39 is 0 Å². The summed E-state index contributed by atoms with van der Waals surface area (Å²) in [6, 6.07) is 7.81. The number of anilines is 2. The number of carbonyl (C=O) groups is 1. The Morgan fingerprint density at radius 3 is 2.82 bits per heavy atom. The molecule has 2 N–H and O–H groups in total. The molecule has 1 amide bonds. The molecule has 1 aliphatic rings. The highest BCUT2D eigenvalue weighted by atomic mass is 32.1. The molecule has 0 bridgehead atoms. The number of thiazole rings is 1. The molecular weight excluding hydrogens is 444 g/mol. The Bertz CT molecular complexity index is 1250. The third-order valence-corrected chi connectivity index (χ3v) is 7.34. The van der Waals surface area contributed by atoms with Gasteiger partial charge in [-0.1, -0.05) is 31.6 Å². The number of rotatable bonds is 8. The maximum Gasteiger partial charge on any atom is 0.267 e. The number of carbonyl (C=O) groups excluding carboxylic acids is 1. The normalized spacial score (nSPS) is 15.3. The van der Waals surface area contributed by atoms with Gasteiger partial charge < -0.3 is 15.5 Å². The maximum atomic E-state index is 12.8. The summed E-state index contributed by atoms with van der Waals surface area (Å²) in [5.74, 6) is 1.06. The fourth-order valence-corrected chi connectivity index (χ4v) is 5.03. The molecule has 1 aliphatic carbocycles. The van der Waals surface area contributed by atoms with Crippen LogP contribution in [0.25, 0.3) is 12.8 Å². The number of aromatic nitrogens is 3. The number of benzene rings is 1. The zero-order chi connectivity index (χ0) is 24.1. The van der Waals surface area contributed by atoms with Gasteiger partial charge in [0.2, 0.25) is 0 Å². The maximum absolute atomic E-state index is 12.8. The molecule has 0 spiro atoms. The van der Waals surface area contributed by atoms with E-state index in [1.807, 2.05) is 49.3 Å². The molecule has 0 radical (unpaired) electrons. The fourth-order valence-electron chi connectivity index (χ4n) is 4.05. The van der Waals surface area contributed by atoms with Crippen LogP contribution in [0.3, 0.4) is 0 Å². The van der Waals surface area contributed by atoms with Crippen molar-refractivity contribution in [3.63, 3.8) is 0 Å². The van der Waals surface area contributed by atoms with Crippen molar-refractivity contribution in [2.24, 2.45) is 0 Å². The lowest BCUT2D eigenvalue weighted by atomic mass is 10.1. The quantitative estimate of drug-likeness (QED) is 0.509. The van der Waals surface area contributed by atoms with Gasteiger partial charge in [-0.2, -0.15) is 0 Å². The Balaban J connectivity index is 1.42. The van der Waals surface area contributed by atoms with Gasteiger partial charge in [0.05, 0.1) is 28.8 Å². The number of nitrogens with one attached hydrogen (secondary N) is 2. The number of hydrogen-bond donors (Lipinski definition) is 2. The molecule has 1 atom stereocenters. The zero-order valence-electron chi connectivity index (χ0n) is 20.0. The Morgan fingerprint density at radius 1 is 1.29 bits per heavy atom. The van der Waals surface area contributed by atoms with Gasteiger partial charge in [0.1, 0.15) is 16.0 Å². The Morgan fingerprint density at radius 2 is 2.09 bits per heavy atom. The smallest absolute Gasteiger partial charge is 0.267 e. The fraction of sp³-hybridized carbons (Fsp3) is 0.385. The van der Waals surface area contributed by atoms with Gasteiger partial charge in [-0.15, -0.1) is 11.3 Å². The van der Waals surface area contributed by atoms with Gasteiger partial charge >= 0.3 is 0 Å². The average molecular weight is 477 g/mol. The lowest BCUT2D eigenvalue weighted by Gasteiger charge is -2.16. The number of amides is 1. The summed E-state index contributed by atoms with van der Waals surface area (Å²) in [5, 5.41) is 8.87. The van der Waals surface area contributed by atoms with Gasteiger partial charge in [0, 0.05) is 31.4 Å². The van der Waals surface area contributed by atoms with Crippen LogP contribution in [0, 0.1) is 0 Å². The molecule has 1 aromatic carbocycles. The molecule has 34 heavy (non-hydrogen) atoms. The molecule has 0 saturated heterocycles. The molecule has 1 fully saturated rings. The van der Waals surface area contributed by atoms with Crippen molar-refractivity contribution in [1.29, 1.82) is 0 Å². The third-order valence-electron chi connectivity index (χ3n) is 6.18. The molecule has 3 aromatic rings. The second-order valence-corrected chi connectivity index (χ2v) is 9.84. The lowest BCUT2D eigenvalue weighted by molar-refractivity contribution is 0.103. The van der Waals surface area contributed by atoms with Crippen LogP contribution in [-0.4, -0.2) is 39.4 Å². The largest absolute Gasteiger partial charge is 0.379 e. The van der Waals surface area contributed by atoms with E-state index in [1.54, 1.807) is 12.4 Å². The van der Waals surface area contributed by atoms with Crippen molar-refractivity contribution in [3.05, 3.63) is 62.8 Å². The summed E-state index contributed by atoms with van der Waals surface area (Å²) in [6.07, 6.45) is 10.2. The van der Waals surface area contributed by atoms with Crippen LogP contribution in [0.4, 0.5) is 11.5 Å². The minimum Gasteiger partial charge on any atom is -0.379 e. The van der Waals surface area contributed by atoms with E-state index in [0.29, 0.717) is 22.0 Å². The first-order valence-electron chi connectivity index (χ1n) is 11.8. The van der Waals surface area contributed by atoms with Crippen molar-refractivity contribution in [2.45, 2.75) is 51.5 Å². The second-order valence-electron chi connectivity index (χ2n) is 8.78. The van der Waals surface area contributed by atoms with Crippen LogP contribution in [-0.2, 0) is 0 Å². The SMILES string of the molecule is C=c1nc(NC(C)c2cccc(NC(=O)c3cnc(C4CCCC4)s3)c2)cn/c1=C/N(C)CC. The van der Waals surface area contributed by atoms with Crippen molar-refractivity contribution >= 4 is 41.5 Å². The standard InChI is InChI=1S/C26H32N6OS/c1-5-32(4)16-22-18(3)30-24(15-27-22)29-17(2)20-11-8-12-21(13-20)31-25(33)23-14-28-26(34-23)19-9-6-7-10-19/h8,11-17,19H,3,5-7,9-10H2,1-2,4H3,(H,29,30)(H,31,33)/b22-16+. The number of nitrogens with zero attached hydrogens (tertiary/aromatic N) is 4. The molecule has 8 heteroatoms. The van der Waals surface area contributed by atoms with Crippen LogP contribution in [0.15, 0.2) is 36.7 Å². The van der Waals surface area contributed by atoms with E-state index in [0.717, 1.165) is 28.2 Å². The second kappa shape index (κ2) is 10.8. The van der Waals surface area contributed by atoms with E-state index in [2.05, 4.69) is 39.1 Å². The average Bonchev–Trinajstić information content (AvgIpc) is 3.53. The Hall–Kier alpha value is -3.26. The summed E-state index contributed by atoms with van der Waals surface area (Å²) < 4.78 is 0. The minimum atomic E-state index is -0.115. The van der Waals surface area contributed by atoms with E-state index in [9.17, 15) is 4.79 Å². The third kappa shape index (κ3) is 5.80. The summed E-state index contributed by atoms with van der Waals surface area (Å²) in [6.45, 7) is 9.04. The van der Waals surface area contributed by atoms with Crippen LogP contribution in [0.2, 0.25) is 0 Å². The Labute approximate surface area is 204 Å². The van der Waals surface area contributed by atoms with Gasteiger partial charge in [0.25, 0.3) is 5.91 Å². The van der Waals surface area contributed by atoms with E-state index in [-0.39, 0.29) is 11.9 Å². The summed E-state index contributed by atoms with van der Waals surface area (Å²) >= 11 is 1.51. The van der Waals surface area contributed by atoms with Gasteiger partial charge in [0.15, 0.2) is 0 Å². The molecule has 0 aliphatic heterocycles. The van der Waals surface area contributed by atoms with Crippen LogP contribution in [0.1, 0.15) is 71.7 Å². The molecule has 4 rings (SSSR count). The monoisotopic (exact) mass is 476 g/mol. The zero-order valence-corrected chi connectivity index (χ0v) is 20.9. The molecule has 7 nitrogen and oxygen atoms in total. The molecule has 178 valence electrons. The molecule has 2 aromatic heterocycles. The molecule has 2 heterocycles. The van der Waals surface area contributed by atoms with E-state index in [1.165, 1.54) is 37.0 Å². The van der Waals surface area contributed by atoms with Crippen LogP contribution in [0.5, 0.6) is 0 Å².